The molecular weight excluding hydrogens is 487 g/mol. The SMILES string of the molecule is C=C.COc1cccc(OC)c1-n1c(NS(=O)(=O)CCc2ncc(F)cn2)nnc1-c1ccccc1.[HH]. The van der Waals surface area contributed by atoms with Crippen molar-refractivity contribution in [3.63, 3.8) is 0 Å². The number of hydrogen-bond donors (Lipinski definition) is 1. The van der Waals surface area contributed by atoms with E-state index >= 15 is 0 Å². The van der Waals surface area contributed by atoms with Gasteiger partial charge in [-0.05, 0) is 12.1 Å². The summed E-state index contributed by atoms with van der Waals surface area (Å²) in [5.74, 6) is 0.425. The number of nitrogens with one attached hydrogen (secondary N) is 1. The summed E-state index contributed by atoms with van der Waals surface area (Å²) >= 11 is 0. The van der Waals surface area contributed by atoms with Gasteiger partial charge in [0.25, 0.3) is 0 Å². The summed E-state index contributed by atoms with van der Waals surface area (Å²) < 4.78 is 53.9. The number of hydrogen-bond acceptors (Lipinski definition) is 8. The minimum atomic E-state index is -3.91. The van der Waals surface area contributed by atoms with Crippen LogP contribution in [0.2, 0.25) is 0 Å². The number of rotatable bonds is 9. The van der Waals surface area contributed by atoms with Crippen LogP contribution in [0.3, 0.4) is 0 Å². The second-order valence-corrected chi connectivity index (χ2v) is 8.89. The van der Waals surface area contributed by atoms with Gasteiger partial charge >= 0.3 is 0 Å². The maximum absolute atomic E-state index is 13.0. The minimum Gasteiger partial charge on any atom is -0.494 e. The molecule has 4 rings (SSSR count). The van der Waals surface area contributed by atoms with Crippen LogP contribution in [0.25, 0.3) is 17.1 Å². The van der Waals surface area contributed by atoms with Crippen molar-refractivity contribution in [1.82, 2.24) is 24.7 Å². The van der Waals surface area contributed by atoms with Crippen LogP contribution in [0.5, 0.6) is 11.5 Å². The largest absolute Gasteiger partial charge is 0.494 e. The molecule has 0 radical (unpaired) electrons. The summed E-state index contributed by atoms with van der Waals surface area (Å²) in [5.41, 5.74) is 1.13. The van der Waals surface area contributed by atoms with Crippen molar-refractivity contribution in [1.29, 1.82) is 0 Å². The maximum atomic E-state index is 13.0. The standard InChI is InChI=1S/C22H21FN6O4S.C2H4.H2/c1-32-17-9-6-10-18(33-2)20(17)29-21(15-7-4-3-5-8-15)26-27-22(29)28-34(30,31)12-11-19-24-13-16(23)14-25-19;1-2;/h3-10,13-14H,11-12H2,1-2H3,(H,27,28);1-2H2;1H. The number of aryl methyl sites for hydroxylation is 1. The van der Waals surface area contributed by atoms with Crippen LogP contribution >= 0.6 is 0 Å². The molecule has 2 aromatic carbocycles. The summed E-state index contributed by atoms with van der Waals surface area (Å²) in [5, 5.41) is 8.34. The quantitative estimate of drug-likeness (QED) is 0.334. The van der Waals surface area contributed by atoms with Crippen LogP contribution in [0.1, 0.15) is 7.25 Å². The molecule has 0 spiro atoms. The third-order valence-electron chi connectivity index (χ3n) is 4.84. The molecular formula is C24H27FN6O4S. The normalized spacial score (nSPS) is 10.8. The monoisotopic (exact) mass is 514 g/mol. The molecule has 2 aromatic heterocycles. The molecule has 0 aliphatic rings. The molecule has 190 valence electrons. The van der Waals surface area contributed by atoms with Crippen molar-refractivity contribution < 1.29 is 23.7 Å². The minimum absolute atomic E-state index is 0. The molecule has 0 fully saturated rings. The van der Waals surface area contributed by atoms with E-state index in [1.54, 1.807) is 18.2 Å². The summed E-state index contributed by atoms with van der Waals surface area (Å²) in [6.07, 6.45) is 1.95. The van der Waals surface area contributed by atoms with Crippen LogP contribution in [-0.4, -0.2) is 53.1 Å². The molecule has 0 saturated carbocycles. The van der Waals surface area contributed by atoms with Crippen LogP contribution in [0, 0.1) is 5.82 Å². The van der Waals surface area contributed by atoms with Crippen molar-refractivity contribution in [2.45, 2.75) is 6.42 Å². The number of nitrogens with zero attached hydrogens (tertiary/aromatic N) is 5. The van der Waals surface area contributed by atoms with E-state index in [2.05, 4.69) is 38.0 Å². The van der Waals surface area contributed by atoms with Crippen molar-refractivity contribution in [3.8, 4) is 28.6 Å². The molecule has 2 heterocycles. The van der Waals surface area contributed by atoms with E-state index in [-0.39, 0.29) is 25.4 Å². The zero-order chi connectivity index (χ0) is 26.1. The molecule has 0 amide bonds. The third-order valence-corrected chi connectivity index (χ3v) is 6.07. The summed E-state index contributed by atoms with van der Waals surface area (Å²) in [6, 6.07) is 14.4. The molecule has 4 aromatic rings. The van der Waals surface area contributed by atoms with E-state index in [1.807, 2.05) is 30.3 Å². The van der Waals surface area contributed by atoms with Crippen LogP contribution in [0.4, 0.5) is 10.3 Å². The van der Waals surface area contributed by atoms with Gasteiger partial charge in [0.15, 0.2) is 11.6 Å². The number of para-hydroxylation sites is 1. The highest BCUT2D eigenvalue weighted by Gasteiger charge is 2.25. The number of halogens is 1. The molecule has 36 heavy (non-hydrogen) atoms. The first-order chi connectivity index (χ1) is 17.4. The fourth-order valence-electron chi connectivity index (χ4n) is 3.27. The van der Waals surface area contributed by atoms with Crippen LogP contribution < -0.4 is 14.2 Å². The first-order valence-electron chi connectivity index (χ1n) is 10.6. The fourth-order valence-corrected chi connectivity index (χ4v) is 4.24. The van der Waals surface area contributed by atoms with E-state index in [4.69, 9.17) is 9.47 Å². The molecule has 12 heteroatoms. The Morgan fingerprint density at radius 2 is 1.58 bits per heavy atom. The second-order valence-electron chi connectivity index (χ2n) is 7.05. The number of ether oxygens (including phenoxy) is 2. The lowest BCUT2D eigenvalue weighted by Crippen LogP contribution is -2.21. The van der Waals surface area contributed by atoms with Gasteiger partial charge in [-0.25, -0.2) is 22.8 Å². The predicted octanol–water partition coefficient (Wildman–Crippen LogP) is 3.91. The van der Waals surface area contributed by atoms with E-state index < -0.39 is 15.8 Å². The highest BCUT2D eigenvalue weighted by atomic mass is 32.2. The van der Waals surface area contributed by atoms with Crippen LogP contribution in [0.15, 0.2) is 74.1 Å². The molecule has 1 N–H and O–H groups in total. The number of aromatic nitrogens is 5. The van der Waals surface area contributed by atoms with Crippen LogP contribution in [-0.2, 0) is 16.4 Å². The molecule has 0 aliphatic carbocycles. The van der Waals surface area contributed by atoms with Gasteiger partial charge in [0.2, 0.25) is 16.0 Å². The van der Waals surface area contributed by atoms with Gasteiger partial charge in [-0.2, -0.15) is 0 Å². The van der Waals surface area contributed by atoms with Gasteiger partial charge in [-0.3, -0.25) is 9.29 Å². The Bertz CT molecular complexity index is 1380. The molecule has 0 bridgehead atoms. The number of benzene rings is 2. The lowest BCUT2D eigenvalue weighted by molar-refractivity contribution is 0.391. The van der Waals surface area contributed by atoms with Gasteiger partial charge in [0.1, 0.15) is 23.0 Å². The molecule has 0 atom stereocenters. The molecule has 0 aliphatic heterocycles. The summed E-state index contributed by atoms with van der Waals surface area (Å²) in [6.45, 7) is 6.00. The lowest BCUT2D eigenvalue weighted by atomic mass is 10.2. The second kappa shape index (κ2) is 11.9. The summed E-state index contributed by atoms with van der Waals surface area (Å²) in [4.78, 5) is 7.60. The van der Waals surface area contributed by atoms with Gasteiger partial charge in [-0.15, -0.1) is 23.4 Å². The van der Waals surface area contributed by atoms with Gasteiger partial charge < -0.3 is 9.47 Å². The van der Waals surface area contributed by atoms with Crippen molar-refractivity contribution in [2.24, 2.45) is 0 Å². The zero-order valence-corrected chi connectivity index (χ0v) is 20.6. The average molecular weight is 515 g/mol. The first-order valence-corrected chi connectivity index (χ1v) is 12.3. The predicted molar refractivity (Wildman–Crippen MR) is 136 cm³/mol. The number of anilines is 1. The molecule has 0 saturated heterocycles. The van der Waals surface area contributed by atoms with E-state index in [1.165, 1.54) is 18.8 Å². The number of methoxy groups -OCH3 is 2. The average Bonchev–Trinajstić information content (AvgIpc) is 3.31. The van der Waals surface area contributed by atoms with Crippen molar-refractivity contribution >= 4 is 16.0 Å². The maximum Gasteiger partial charge on any atom is 0.243 e. The number of sulfonamides is 1. The van der Waals surface area contributed by atoms with Gasteiger partial charge in [0.05, 0.1) is 32.4 Å². The van der Waals surface area contributed by atoms with Gasteiger partial charge in [0, 0.05) is 13.4 Å². The van der Waals surface area contributed by atoms with Crippen molar-refractivity contribution in [2.75, 3.05) is 24.7 Å². The van der Waals surface area contributed by atoms with E-state index in [9.17, 15) is 12.8 Å². The topological polar surface area (TPSA) is 121 Å². The highest BCUT2D eigenvalue weighted by Crippen LogP contribution is 2.37. The smallest absolute Gasteiger partial charge is 0.243 e. The lowest BCUT2D eigenvalue weighted by Gasteiger charge is -2.17. The molecule has 10 nitrogen and oxygen atoms in total. The van der Waals surface area contributed by atoms with Crippen molar-refractivity contribution in [3.05, 3.63) is 85.7 Å². The summed E-state index contributed by atoms with van der Waals surface area (Å²) in [7, 11) is -0.915. The van der Waals surface area contributed by atoms with Gasteiger partial charge in [-0.1, -0.05) is 36.4 Å². The van der Waals surface area contributed by atoms with E-state index in [0.29, 0.717) is 28.6 Å². The third kappa shape index (κ3) is 6.02. The molecule has 0 unspecified atom stereocenters. The Balaban J connectivity index is 0.00000157. The first kappa shape index (κ1) is 26.3. The Labute approximate surface area is 210 Å². The highest BCUT2D eigenvalue weighted by molar-refractivity contribution is 7.92. The zero-order valence-electron chi connectivity index (χ0n) is 19.8. The Hall–Kier alpha value is -4.32. The Morgan fingerprint density at radius 1 is 0.972 bits per heavy atom. The fraction of sp³-hybridized carbons (Fsp3) is 0.167. The Kier molecular flexibility index (Phi) is 8.68. The van der Waals surface area contributed by atoms with E-state index in [0.717, 1.165) is 12.4 Å². The Morgan fingerprint density at radius 3 is 2.17 bits per heavy atom.